The van der Waals surface area contributed by atoms with E-state index in [1.54, 1.807) is 4.90 Å². The highest BCUT2D eigenvalue weighted by Crippen LogP contribution is 2.18. The van der Waals surface area contributed by atoms with Gasteiger partial charge in [0.25, 0.3) is 0 Å². The molecule has 1 aliphatic rings. The van der Waals surface area contributed by atoms with Crippen molar-refractivity contribution < 1.29 is 9.63 Å². The van der Waals surface area contributed by atoms with Crippen molar-refractivity contribution in [1.29, 1.82) is 0 Å². The van der Waals surface area contributed by atoms with Crippen molar-refractivity contribution in [3.63, 3.8) is 0 Å². The summed E-state index contributed by atoms with van der Waals surface area (Å²) in [5, 5.41) is 4.17. The van der Waals surface area contributed by atoms with Crippen LogP contribution in [0.1, 0.15) is 37.8 Å². The molecule has 0 fully saturated rings. The number of likely N-dealkylation sites (N-methyl/N-ethyl adjacent to an activating group) is 1. The average Bonchev–Trinajstić information content (AvgIpc) is 2.87. The van der Waals surface area contributed by atoms with Gasteiger partial charge in [0.1, 0.15) is 0 Å². The third-order valence-electron chi connectivity index (χ3n) is 3.60. The van der Waals surface area contributed by atoms with Gasteiger partial charge in [-0.3, -0.25) is 4.79 Å². The Morgan fingerprint density at radius 2 is 2.05 bits per heavy atom. The van der Waals surface area contributed by atoms with Gasteiger partial charge in [-0.2, -0.15) is 0 Å². The van der Waals surface area contributed by atoms with Crippen molar-refractivity contribution >= 4 is 11.6 Å². The molecule has 0 N–H and O–H groups in total. The number of oxime groups is 1. The van der Waals surface area contributed by atoms with E-state index in [4.69, 9.17) is 4.84 Å². The molecule has 0 aliphatic carbocycles. The van der Waals surface area contributed by atoms with Crippen molar-refractivity contribution in [2.24, 2.45) is 11.1 Å². The number of rotatable bonds is 5. The molecular weight excluding hydrogens is 264 g/mol. The zero-order valence-corrected chi connectivity index (χ0v) is 13.3. The first-order valence-electron chi connectivity index (χ1n) is 7.49. The highest BCUT2D eigenvalue weighted by Gasteiger charge is 2.25. The standard InChI is InChI=1S/C17H24N2O2/c1-12(2)9-17(20)19(4)11-15-10-16(18-21-15)14-7-5-13(3)6-8-14/h5-8,12,15H,9-11H2,1-4H3/t15-/m1/s1. The lowest BCUT2D eigenvalue weighted by Gasteiger charge is -2.20. The van der Waals surface area contributed by atoms with Crippen LogP contribution < -0.4 is 0 Å². The monoisotopic (exact) mass is 288 g/mol. The molecule has 1 atom stereocenters. The van der Waals surface area contributed by atoms with E-state index >= 15 is 0 Å². The van der Waals surface area contributed by atoms with Crippen molar-refractivity contribution in [1.82, 2.24) is 4.90 Å². The van der Waals surface area contributed by atoms with Crippen LogP contribution in [0.25, 0.3) is 0 Å². The molecule has 1 heterocycles. The second-order valence-electron chi connectivity index (χ2n) is 6.21. The zero-order valence-electron chi connectivity index (χ0n) is 13.3. The Labute approximate surface area is 126 Å². The van der Waals surface area contributed by atoms with Crippen LogP contribution in [0.3, 0.4) is 0 Å². The number of benzene rings is 1. The molecule has 0 spiro atoms. The van der Waals surface area contributed by atoms with Crippen molar-refractivity contribution in [2.75, 3.05) is 13.6 Å². The number of amides is 1. The third kappa shape index (κ3) is 4.31. The van der Waals surface area contributed by atoms with E-state index in [-0.39, 0.29) is 12.0 Å². The number of aryl methyl sites for hydroxylation is 1. The average molecular weight is 288 g/mol. The molecule has 114 valence electrons. The van der Waals surface area contributed by atoms with Gasteiger partial charge in [0.2, 0.25) is 5.91 Å². The van der Waals surface area contributed by atoms with Crippen LogP contribution in [-0.4, -0.2) is 36.2 Å². The number of hydrogen-bond acceptors (Lipinski definition) is 3. The first kappa shape index (κ1) is 15.5. The summed E-state index contributed by atoms with van der Waals surface area (Å²) < 4.78 is 0. The van der Waals surface area contributed by atoms with Crippen LogP contribution in [0.4, 0.5) is 0 Å². The molecule has 1 amide bonds. The highest BCUT2D eigenvalue weighted by atomic mass is 16.6. The molecule has 0 saturated carbocycles. The van der Waals surface area contributed by atoms with Gasteiger partial charge < -0.3 is 9.74 Å². The largest absolute Gasteiger partial charge is 0.390 e. The topological polar surface area (TPSA) is 41.9 Å². The first-order chi connectivity index (χ1) is 9.95. The summed E-state index contributed by atoms with van der Waals surface area (Å²) in [7, 11) is 1.83. The molecule has 1 aliphatic heterocycles. The first-order valence-corrected chi connectivity index (χ1v) is 7.49. The number of carbonyl (C=O) groups excluding carboxylic acids is 1. The Morgan fingerprint density at radius 3 is 2.67 bits per heavy atom. The second-order valence-corrected chi connectivity index (χ2v) is 6.21. The van der Waals surface area contributed by atoms with Gasteiger partial charge >= 0.3 is 0 Å². The van der Waals surface area contributed by atoms with Crippen molar-refractivity contribution in [2.45, 2.75) is 39.7 Å². The molecule has 1 aromatic carbocycles. The Morgan fingerprint density at radius 1 is 1.38 bits per heavy atom. The van der Waals surface area contributed by atoms with Crippen LogP contribution in [0, 0.1) is 12.8 Å². The molecule has 0 aromatic heterocycles. The normalized spacial score (nSPS) is 17.6. The summed E-state index contributed by atoms with van der Waals surface area (Å²) in [6.45, 7) is 6.76. The fourth-order valence-electron chi connectivity index (χ4n) is 2.36. The van der Waals surface area contributed by atoms with E-state index in [9.17, 15) is 4.79 Å². The maximum Gasteiger partial charge on any atom is 0.222 e. The van der Waals surface area contributed by atoms with Gasteiger partial charge in [-0.15, -0.1) is 0 Å². The van der Waals surface area contributed by atoms with E-state index < -0.39 is 0 Å². The lowest BCUT2D eigenvalue weighted by atomic mass is 10.0. The van der Waals surface area contributed by atoms with Crippen molar-refractivity contribution in [3.05, 3.63) is 35.4 Å². The van der Waals surface area contributed by atoms with Gasteiger partial charge in [0.15, 0.2) is 6.10 Å². The molecule has 4 nitrogen and oxygen atoms in total. The minimum Gasteiger partial charge on any atom is -0.390 e. The smallest absolute Gasteiger partial charge is 0.222 e. The molecule has 0 radical (unpaired) electrons. The van der Waals surface area contributed by atoms with E-state index in [1.165, 1.54) is 5.56 Å². The molecule has 4 heteroatoms. The lowest BCUT2D eigenvalue weighted by molar-refractivity contribution is -0.132. The number of hydrogen-bond donors (Lipinski definition) is 0. The minimum absolute atomic E-state index is 0.0394. The molecule has 0 unspecified atom stereocenters. The molecule has 1 aromatic rings. The fourth-order valence-corrected chi connectivity index (χ4v) is 2.36. The second kappa shape index (κ2) is 6.74. The third-order valence-corrected chi connectivity index (χ3v) is 3.60. The minimum atomic E-state index is -0.0394. The highest BCUT2D eigenvalue weighted by molar-refractivity contribution is 6.01. The Kier molecular flexibility index (Phi) is 4.99. The van der Waals surface area contributed by atoms with Crippen LogP contribution in [0.5, 0.6) is 0 Å². The Bertz CT molecular complexity index is 520. The summed E-state index contributed by atoms with van der Waals surface area (Å²) in [6.07, 6.45) is 1.29. The molecule has 0 saturated heterocycles. The van der Waals surface area contributed by atoms with Gasteiger partial charge in [0.05, 0.1) is 12.3 Å². The number of nitrogens with zero attached hydrogens (tertiary/aromatic N) is 2. The zero-order chi connectivity index (χ0) is 15.4. The van der Waals surface area contributed by atoms with Gasteiger partial charge in [-0.05, 0) is 18.4 Å². The van der Waals surface area contributed by atoms with Crippen LogP contribution in [0.2, 0.25) is 0 Å². The van der Waals surface area contributed by atoms with Gasteiger partial charge in [0, 0.05) is 19.9 Å². The predicted octanol–water partition coefficient (Wildman–Crippen LogP) is 2.99. The van der Waals surface area contributed by atoms with Crippen LogP contribution in [-0.2, 0) is 9.63 Å². The van der Waals surface area contributed by atoms with Gasteiger partial charge in [-0.1, -0.05) is 48.8 Å². The van der Waals surface area contributed by atoms with E-state index in [1.807, 2.05) is 7.05 Å². The maximum absolute atomic E-state index is 12.0. The maximum atomic E-state index is 12.0. The SMILES string of the molecule is Cc1ccc(C2=NO[C@@H](CN(C)C(=O)CC(C)C)C2)cc1. The molecule has 21 heavy (non-hydrogen) atoms. The quantitative estimate of drug-likeness (QED) is 0.836. The summed E-state index contributed by atoms with van der Waals surface area (Å²) in [4.78, 5) is 19.2. The van der Waals surface area contributed by atoms with Crippen LogP contribution in [0.15, 0.2) is 29.4 Å². The molecule has 2 rings (SSSR count). The van der Waals surface area contributed by atoms with Crippen LogP contribution >= 0.6 is 0 Å². The summed E-state index contributed by atoms with van der Waals surface area (Å²) in [6, 6.07) is 8.27. The summed E-state index contributed by atoms with van der Waals surface area (Å²) in [5.41, 5.74) is 3.29. The fraction of sp³-hybridized carbons (Fsp3) is 0.529. The van der Waals surface area contributed by atoms with Gasteiger partial charge in [-0.25, -0.2) is 0 Å². The molecule has 0 bridgehead atoms. The van der Waals surface area contributed by atoms with E-state index in [0.717, 1.165) is 17.7 Å². The van der Waals surface area contributed by atoms with Crippen molar-refractivity contribution in [3.8, 4) is 0 Å². The Hall–Kier alpha value is -1.84. The summed E-state index contributed by atoms with van der Waals surface area (Å²) in [5.74, 6) is 0.543. The predicted molar refractivity (Wildman–Crippen MR) is 84.3 cm³/mol. The Balaban J connectivity index is 1.87. The number of carbonyl (C=O) groups is 1. The molecular formula is C17H24N2O2. The van der Waals surface area contributed by atoms with E-state index in [0.29, 0.717) is 18.9 Å². The summed E-state index contributed by atoms with van der Waals surface area (Å²) >= 11 is 0. The lowest BCUT2D eigenvalue weighted by Crippen LogP contribution is -2.35. The van der Waals surface area contributed by atoms with E-state index in [2.05, 4.69) is 50.2 Å².